The van der Waals surface area contributed by atoms with Crippen LogP contribution in [-0.2, 0) is 21.2 Å². The van der Waals surface area contributed by atoms with Gasteiger partial charge in [-0.3, -0.25) is 4.90 Å². The Morgan fingerprint density at radius 2 is 1.75 bits per heavy atom. The molecule has 1 atom stereocenters. The third-order valence-corrected chi connectivity index (χ3v) is 12.4. The Kier molecular flexibility index (Phi) is 13.5. The van der Waals surface area contributed by atoms with Crippen LogP contribution in [0.3, 0.4) is 0 Å². The molecule has 3 aromatic rings. The zero-order valence-electron chi connectivity index (χ0n) is 29.7. The second kappa shape index (κ2) is 17.8. The maximum Gasteiger partial charge on any atom is 0.285 e. The summed E-state index contributed by atoms with van der Waals surface area (Å²) in [6.07, 6.45) is 4.89. The van der Waals surface area contributed by atoms with Crippen molar-refractivity contribution in [1.82, 2.24) is 14.7 Å². The lowest BCUT2D eigenvalue weighted by molar-refractivity contribution is -0.0580. The number of nitrogens with zero attached hydrogens (tertiary/aromatic N) is 5. The molecule has 51 heavy (non-hydrogen) atoms. The molecule has 1 saturated heterocycles. The number of rotatable bonds is 15. The van der Waals surface area contributed by atoms with E-state index in [-0.39, 0.29) is 34.0 Å². The first kappa shape index (κ1) is 38.7. The first-order valence-electron chi connectivity index (χ1n) is 17.5. The summed E-state index contributed by atoms with van der Waals surface area (Å²) in [7, 11) is 1.53. The van der Waals surface area contributed by atoms with Crippen molar-refractivity contribution in [1.29, 1.82) is 0 Å². The van der Waals surface area contributed by atoms with Gasteiger partial charge in [0.2, 0.25) is 5.96 Å². The standard InChI is InChI=1S/C37H50FN7O4S2/c1-43(2)20-17-29(27-50-31-10-5-4-6-11-31)40-34-14-13-32(25-35(34)41-46)51(47,48)42-36(39)45-23-21-44(22-24-45)30-15-18-37(49-3,19-16-30)26-28-9-7-8-12-33(28)38/h4-14,25,29-30,40H,15-24,26-27H2,1-3H3,(H2,39,42)/t29-,30?,37?/m1/s1. The molecule has 1 heterocycles. The number of hydrogen-bond donors (Lipinski definition) is 2. The zero-order valence-corrected chi connectivity index (χ0v) is 31.3. The molecule has 276 valence electrons. The lowest BCUT2D eigenvalue weighted by Gasteiger charge is -2.45. The number of ether oxygens (including phenoxy) is 1. The van der Waals surface area contributed by atoms with E-state index in [1.54, 1.807) is 35.9 Å². The van der Waals surface area contributed by atoms with E-state index >= 15 is 0 Å². The van der Waals surface area contributed by atoms with Crippen molar-refractivity contribution in [2.75, 3.05) is 65.0 Å². The fraction of sp³-hybridized carbons (Fsp3) is 0.486. The second-order valence-electron chi connectivity index (χ2n) is 13.7. The van der Waals surface area contributed by atoms with Crippen LogP contribution in [0.1, 0.15) is 37.7 Å². The van der Waals surface area contributed by atoms with Crippen LogP contribution in [0.5, 0.6) is 0 Å². The highest BCUT2D eigenvalue weighted by molar-refractivity contribution is 7.99. The third kappa shape index (κ3) is 10.5. The van der Waals surface area contributed by atoms with Gasteiger partial charge in [-0.2, -0.15) is 8.42 Å². The van der Waals surface area contributed by atoms with Crippen molar-refractivity contribution in [2.24, 2.45) is 15.3 Å². The van der Waals surface area contributed by atoms with Gasteiger partial charge in [-0.1, -0.05) is 36.4 Å². The summed E-state index contributed by atoms with van der Waals surface area (Å²) >= 11 is 1.71. The van der Waals surface area contributed by atoms with Gasteiger partial charge < -0.3 is 25.6 Å². The quantitative estimate of drug-likeness (QED) is 0.0836. The predicted molar refractivity (Wildman–Crippen MR) is 204 cm³/mol. The Morgan fingerprint density at radius 1 is 1.06 bits per heavy atom. The number of nitrogens with two attached hydrogens (primary N) is 1. The number of hydrogen-bond acceptors (Lipinski definition) is 9. The third-order valence-electron chi connectivity index (χ3n) is 9.98. The van der Waals surface area contributed by atoms with Crippen molar-refractivity contribution in [3.8, 4) is 0 Å². The molecule has 0 bridgehead atoms. The monoisotopic (exact) mass is 739 g/mol. The fourth-order valence-corrected chi connectivity index (χ4v) is 8.86. The largest absolute Gasteiger partial charge is 0.380 e. The average molecular weight is 740 g/mol. The summed E-state index contributed by atoms with van der Waals surface area (Å²) in [4.78, 5) is 19.2. The molecule has 1 aliphatic carbocycles. The normalized spacial score (nSPS) is 21.1. The Bertz CT molecular complexity index is 1730. The van der Waals surface area contributed by atoms with Crippen LogP contribution in [0, 0.1) is 10.7 Å². The number of anilines is 1. The lowest BCUT2D eigenvalue weighted by Crippen LogP contribution is -2.55. The average Bonchev–Trinajstić information content (AvgIpc) is 3.14. The van der Waals surface area contributed by atoms with E-state index in [0.29, 0.717) is 49.9 Å². The number of halogens is 1. The van der Waals surface area contributed by atoms with E-state index in [9.17, 15) is 17.7 Å². The number of sulfonamides is 1. The maximum atomic E-state index is 14.4. The predicted octanol–water partition coefficient (Wildman–Crippen LogP) is 5.94. The molecule has 1 aliphatic heterocycles. The number of guanidine groups is 1. The van der Waals surface area contributed by atoms with Crippen molar-refractivity contribution in [2.45, 2.75) is 66.0 Å². The molecule has 0 amide bonds. The van der Waals surface area contributed by atoms with E-state index in [1.807, 2.05) is 44.4 Å². The highest BCUT2D eigenvalue weighted by Crippen LogP contribution is 2.37. The van der Waals surface area contributed by atoms with Crippen LogP contribution < -0.4 is 11.1 Å². The summed E-state index contributed by atoms with van der Waals surface area (Å²) in [6, 6.07) is 21.6. The minimum absolute atomic E-state index is 0.00268. The molecule has 3 N–H and O–H groups in total. The van der Waals surface area contributed by atoms with E-state index in [4.69, 9.17) is 10.5 Å². The Balaban J connectivity index is 1.17. The summed E-state index contributed by atoms with van der Waals surface area (Å²) in [6.45, 7) is 3.32. The SMILES string of the molecule is COC1(Cc2ccccc2F)CCC(N2CCN(C(N)=NS(=O)(=O)c3ccc(N[C@H](CCN(C)C)CSc4ccccc4)c(N=O)c3)CC2)CC1. The van der Waals surface area contributed by atoms with Crippen LogP contribution in [0.4, 0.5) is 15.8 Å². The first-order valence-corrected chi connectivity index (χ1v) is 19.9. The van der Waals surface area contributed by atoms with Crippen LogP contribution in [-0.4, -0.2) is 106 Å². The number of methoxy groups -OCH3 is 1. The molecule has 0 radical (unpaired) electrons. The van der Waals surface area contributed by atoms with Gasteiger partial charge in [0.1, 0.15) is 11.5 Å². The van der Waals surface area contributed by atoms with Gasteiger partial charge in [0, 0.05) is 62.4 Å². The number of nitroso groups, excluding NO2 is 1. The number of benzene rings is 3. The van der Waals surface area contributed by atoms with Crippen LogP contribution >= 0.6 is 11.8 Å². The molecular weight excluding hydrogens is 690 g/mol. The molecule has 0 spiro atoms. The summed E-state index contributed by atoms with van der Waals surface area (Å²) in [5.41, 5.74) is 7.03. The van der Waals surface area contributed by atoms with Crippen LogP contribution in [0.2, 0.25) is 0 Å². The van der Waals surface area contributed by atoms with Crippen molar-refractivity contribution in [3.63, 3.8) is 0 Å². The minimum atomic E-state index is -4.20. The van der Waals surface area contributed by atoms with E-state index in [2.05, 4.69) is 36.8 Å². The number of thioether (sulfide) groups is 1. The maximum absolute atomic E-state index is 14.4. The number of piperazine rings is 1. The van der Waals surface area contributed by atoms with Crippen molar-refractivity contribution in [3.05, 3.63) is 89.1 Å². The molecule has 5 rings (SSSR count). The minimum Gasteiger partial charge on any atom is -0.380 e. The van der Waals surface area contributed by atoms with Crippen molar-refractivity contribution < 1.29 is 17.5 Å². The molecule has 0 aromatic heterocycles. The molecule has 3 aromatic carbocycles. The summed E-state index contributed by atoms with van der Waals surface area (Å²) < 4.78 is 51.0. The molecule has 1 saturated carbocycles. The highest BCUT2D eigenvalue weighted by atomic mass is 32.2. The molecule has 14 heteroatoms. The lowest BCUT2D eigenvalue weighted by atomic mass is 9.77. The van der Waals surface area contributed by atoms with Gasteiger partial charge in [-0.05, 0) is 99.9 Å². The Morgan fingerprint density at radius 3 is 2.39 bits per heavy atom. The second-order valence-corrected chi connectivity index (χ2v) is 16.4. The first-order chi connectivity index (χ1) is 24.5. The van der Waals surface area contributed by atoms with Gasteiger partial charge in [-0.25, -0.2) is 4.39 Å². The molecule has 11 nitrogen and oxygen atoms in total. The Labute approximate surface area is 305 Å². The molecular formula is C37H50FN7O4S2. The fourth-order valence-electron chi connectivity index (χ4n) is 6.90. The molecule has 0 unspecified atom stereocenters. The zero-order chi connectivity index (χ0) is 36.4. The van der Waals surface area contributed by atoms with Gasteiger partial charge >= 0.3 is 0 Å². The summed E-state index contributed by atoms with van der Waals surface area (Å²) in [5.74, 6) is 0.470. The molecule has 2 fully saturated rings. The smallest absolute Gasteiger partial charge is 0.285 e. The topological polar surface area (TPSA) is 133 Å². The van der Waals surface area contributed by atoms with Crippen molar-refractivity contribution >= 4 is 39.1 Å². The Hall–Kier alpha value is -3.56. The van der Waals surface area contributed by atoms with Gasteiger partial charge in [0.25, 0.3) is 10.0 Å². The van der Waals surface area contributed by atoms with Crippen LogP contribution in [0.25, 0.3) is 0 Å². The van der Waals surface area contributed by atoms with Gasteiger partial charge in [-0.15, -0.1) is 21.1 Å². The number of nitrogens with one attached hydrogen (secondary N) is 1. The highest BCUT2D eigenvalue weighted by Gasteiger charge is 2.38. The van der Waals surface area contributed by atoms with Gasteiger partial charge in [0.15, 0.2) is 0 Å². The van der Waals surface area contributed by atoms with Crippen LogP contribution in [0.15, 0.2) is 92.2 Å². The molecule has 2 aliphatic rings. The van der Waals surface area contributed by atoms with E-state index in [1.165, 1.54) is 18.2 Å². The van der Waals surface area contributed by atoms with Gasteiger partial charge in [0.05, 0.1) is 16.2 Å². The van der Waals surface area contributed by atoms with E-state index < -0.39 is 10.0 Å². The van der Waals surface area contributed by atoms with E-state index in [0.717, 1.165) is 49.3 Å². The summed E-state index contributed by atoms with van der Waals surface area (Å²) in [5, 5.41) is 6.57.